The number of fused-ring (bicyclic) bond motifs is 1. The highest BCUT2D eigenvalue weighted by Crippen LogP contribution is 2.19. The lowest BCUT2D eigenvalue weighted by molar-refractivity contribution is -0.144. The Morgan fingerprint density at radius 2 is 1.93 bits per heavy atom. The number of esters is 1. The van der Waals surface area contributed by atoms with Crippen LogP contribution in [0.2, 0.25) is 5.02 Å². The van der Waals surface area contributed by atoms with Crippen LogP contribution in [0.15, 0.2) is 54.7 Å². The van der Waals surface area contributed by atoms with Crippen molar-refractivity contribution in [2.24, 2.45) is 0 Å². The van der Waals surface area contributed by atoms with Crippen LogP contribution in [0.3, 0.4) is 0 Å². The van der Waals surface area contributed by atoms with Crippen molar-refractivity contribution in [3.8, 4) is 6.07 Å². The minimum atomic E-state index is -0.930. The van der Waals surface area contributed by atoms with Crippen LogP contribution in [0.5, 0.6) is 0 Å². The highest BCUT2D eigenvalue weighted by atomic mass is 35.5. The number of aromatic nitrogens is 1. The predicted molar refractivity (Wildman–Crippen MR) is 101 cm³/mol. The maximum Gasteiger partial charge on any atom is 0.330 e. The second-order valence-corrected chi connectivity index (χ2v) is 6.30. The van der Waals surface area contributed by atoms with E-state index in [1.807, 2.05) is 24.3 Å². The molecule has 6 nitrogen and oxygen atoms in total. The first-order valence-corrected chi connectivity index (χ1v) is 8.61. The second-order valence-electron chi connectivity index (χ2n) is 5.86. The molecule has 0 aliphatic carbocycles. The molecule has 2 N–H and O–H groups in total. The Morgan fingerprint density at radius 1 is 1.19 bits per heavy atom. The van der Waals surface area contributed by atoms with Crippen molar-refractivity contribution < 1.29 is 14.3 Å². The van der Waals surface area contributed by atoms with Gasteiger partial charge in [0.25, 0.3) is 5.91 Å². The van der Waals surface area contributed by atoms with Gasteiger partial charge in [-0.25, -0.2) is 4.79 Å². The van der Waals surface area contributed by atoms with Crippen LogP contribution in [0, 0.1) is 11.3 Å². The van der Waals surface area contributed by atoms with E-state index in [0.29, 0.717) is 10.6 Å². The third-order valence-corrected chi connectivity index (χ3v) is 4.33. The highest BCUT2D eigenvalue weighted by Gasteiger charge is 2.24. The van der Waals surface area contributed by atoms with E-state index in [9.17, 15) is 9.59 Å². The fourth-order valence-corrected chi connectivity index (χ4v) is 2.89. The Hall–Kier alpha value is -3.30. The normalized spacial score (nSPS) is 11.6. The number of hydrogen-bond acceptors (Lipinski definition) is 4. The van der Waals surface area contributed by atoms with Crippen LogP contribution < -0.4 is 5.32 Å². The van der Waals surface area contributed by atoms with Gasteiger partial charge in [-0.2, -0.15) is 5.26 Å². The van der Waals surface area contributed by atoms with E-state index in [0.717, 1.165) is 16.5 Å². The minimum absolute atomic E-state index is 0.230. The summed E-state index contributed by atoms with van der Waals surface area (Å²) >= 11 is 5.84. The van der Waals surface area contributed by atoms with E-state index in [2.05, 4.69) is 10.3 Å². The largest absolute Gasteiger partial charge is 0.449 e. The third kappa shape index (κ3) is 4.46. The average Bonchev–Trinajstić information content (AvgIpc) is 3.09. The summed E-state index contributed by atoms with van der Waals surface area (Å²) in [7, 11) is 0. The Labute approximate surface area is 160 Å². The quantitative estimate of drug-likeness (QED) is 0.641. The Kier molecular flexibility index (Phi) is 5.74. The van der Waals surface area contributed by atoms with Crippen LogP contribution in [-0.2, 0) is 16.0 Å². The van der Waals surface area contributed by atoms with E-state index in [1.165, 1.54) is 0 Å². The number of amides is 1. The molecule has 27 heavy (non-hydrogen) atoms. The van der Waals surface area contributed by atoms with Crippen molar-refractivity contribution >= 4 is 34.4 Å². The SMILES string of the molecule is N#CCOC(=O)[C@H](Cc1c[nH]c2ccccc12)NC(=O)c1ccc(Cl)cc1. The predicted octanol–water partition coefficient (Wildman–Crippen LogP) is 3.23. The Morgan fingerprint density at radius 3 is 2.67 bits per heavy atom. The number of ether oxygens (including phenoxy) is 1. The maximum absolute atomic E-state index is 12.5. The van der Waals surface area contributed by atoms with Gasteiger partial charge in [-0.3, -0.25) is 4.79 Å². The minimum Gasteiger partial charge on any atom is -0.449 e. The molecule has 1 amide bonds. The molecule has 0 aliphatic rings. The molecule has 0 aliphatic heterocycles. The van der Waals surface area contributed by atoms with E-state index in [-0.39, 0.29) is 13.0 Å². The molecule has 0 unspecified atom stereocenters. The summed E-state index contributed by atoms with van der Waals surface area (Å²) in [6.07, 6.45) is 2.03. The summed E-state index contributed by atoms with van der Waals surface area (Å²) in [6, 6.07) is 14.8. The van der Waals surface area contributed by atoms with Gasteiger partial charge in [-0.1, -0.05) is 29.8 Å². The van der Waals surface area contributed by atoms with Crippen molar-refractivity contribution in [3.63, 3.8) is 0 Å². The molecular formula is C20H16ClN3O3. The molecule has 0 saturated carbocycles. The first-order valence-electron chi connectivity index (χ1n) is 8.23. The third-order valence-electron chi connectivity index (χ3n) is 4.07. The van der Waals surface area contributed by atoms with Crippen LogP contribution >= 0.6 is 11.6 Å². The molecule has 3 aromatic rings. The monoisotopic (exact) mass is 381 g/mol. The number of carbonyl (C=O) groups is 2. The van der Waals surface area contributed by atoms with Crippen LogP contribution in [0.25, 0.3) is 10.9 Å². The summed E-state index contributed by atoms with van der Waals surface area (Å²) in [5.74, 6) is -1.09. The van der Waals surface area contributed by atoms with Gasteiger partial charge >= 0.3 is 5.97 Å². The van der Waals surface area contributed by atoms with Crippen molar-refractivity contribution in [2.75, 3.05) is 6.61 Å². The smallest absolute Gasteiger partial charge is 0.330 e. The summed E-state index contributed by atoms with van der Waals surface area (Å²) in [4.78, 5) is 28.0. The van der Waals surface area contributed by atoms with Crippen LogP contribution in [-0.4, -0.2) is 29.5 Å². The van der Waals surface area contributed by atoms with Crippen molar-refractivity contribution in [1.29, 1.82) is 5.26 Å². The average molecular weight is 382 g/mol. The number of rotatable bonds is 6. The lowest BCUT2D eigenvalue weighted by atomic mass is 10.0. The fourth-order valence-electron chi connectivity index (χ4n) is 2.76. The standard InChI is InChI=1S/C20H16ClN3O3/c21-15-7-5-13(6-8-15)19(25)24-18(20(26)27-10-9-22)11-14-12-23-17-4-2-1-3-16(14)17/h1-8,12,18,23H,10-11H2,(H,24,25)/t18-/m0/s1. The van der Waals surface area contributed by atoms with Gasteiger partial charge in [-0.15, -0.1) is 0 Å². The zero-order chi connectivity index (χ0) is 19.2. The van der Waals surface area contributed by atoms with Gasteiger partial charge in [0.2, 0.25) is 0 Å². The zero-order valence-corrected chi connectivity index (χ0v) is 15.0. The molecule has 1 aromatic heterocycles. The number of halogens is 1. The van der Waals surface area contributed by atoms with E-state index >= 15 is 0 Å². The van der Waals surface area contributed by atoms with E-state index in [1.54, 1.807) is 36.5 Å². The summed E-state index contributed by atoms with van der Waals surface area (Å²) < 4.78 is 4.92. The lowest BCUT2D eigenvalue weighted by Gasteiger charge is -2.17. The molecule has 0 radical (unpaired) electrons. The number of aromatic amines is 1. The number of benzene rings is 2. The number of nitrogens with one attached hydrogen (secondary N) is 2. The van der Waals surface area contributed by atoms with Crippen LogP contribution in [0.4, 0.5) is 0 Å². The van der Waals surface area contributed by atoms with Gasteiger partial charge < -0.3 is 15.0 Å². The molecule has 0 spiro atoms. The molecule has 1 heterocycles. The fraction of sp³-hybridized carbons (Fsp3) is 0.150. The molecular weight excluding hydrogens is 366 g/mol. The van der Waals surface area contributed by atoms with Gasteiger partial charge in [-0.05, 0) is 35.9 Å². The lowest BCUT2D eigenvalue weighted by Crippen LogP contribution is -2.43. The number of nitriles is 1. The van der Waals surface area contributed by atoms with E-state index < -0.39 is 17.9 Å². The zero-order valence-electron chi connectivity index (χ0n) is 14.2. The molecule has 0 fully saturated rings. The molecule has 0 bridgehead atoms. The second kappa shape index (κ2) is 8.39. The molecule has 1 atom stereocenters. The Balaban J connectivity index is 1.82. The summed E-state index contributed by atoms with van der Waals surface area (Å²) in [5.41, 5.74) is 2.16. The van der Waals surface area contributed by atoms with Gasteiger partial charge in [0.05, 0.1) is 0 Å². The van der Waals surface area contributed by atoms with Crippen molar-refractivity contribution in [1.82, 2.24) is 10.3 Å². The Bertz CT molecular complexity index is 1010. The number of H-pyrrole nitrogens is 1. The number of para-hydroxylation sites is 1. The van der Waals surface area contributed by atoms with Crippen molar-refractivity contribution in [3.05, 3.63) is 70.9 Å². The molecule has 0 saturated heterocycles. The summed E-state index contributed by atoms with van der Waals surface area (Å²) in [6.45, 7) is -0.375. The topological polar surface area (TPSA) is 95.0 Å². The highest BCUT2D eigenvalue weighted by molar-refractivity contribution is 6.30. The van der Waals surface area contributed by atoms with Gasteiger partial charge in [0.1, 0.15) is 12.1 Å². The molecule has 7 heteroatoms. The number of carbonyl (C=O) groups excluding carboxylic acids is 2. The maximum atomic E-state index is 12.5. The molecule has 3 rings (SSSR count). The molecule has 136 valence electrons. The number of hydrogen-bond donors (Lipinski definition) is 2. The van der Waals surface area contributed by atoms with Crippen molar-refractivity contribution in [2.45, 2.75) is 12.5 Å². The van der Waals surface area contributed by atoms with Crippen LogP contribution in [0.1, 0.15) is 15.9 Å². The molecule has 2 aromatic carbocycles. The van der Waals surface area contributed by atoms with E-state index in [4.69, 9.17) is 21.6 Å². The number of nitrogens with zero attached hydrogens (tertiary/aromatic N) is 1. The van der Waals surface area contributed by atoms with Gasteiger partial charge in [0, 0.05) is 34.1 Å². The van der Waals surface area contributed by atoms with Gasteiger partial charge in [0.15, 0.2) is 6.61 Å². The summed E-state index contributed by atoms with van der Waals surface area (Å²) in [5, 5.41) is 12.8. The first kappa shape index (κ1) is 18.5. The first-order chi connectivity index (χ1) is 13.1.